The molecule has 1 aromatic carbocycles. The van der Waals surface area contributed by atoms with Crippen LogP contribution >= 0.6 is 23.4 Å². The number of rotatable bonds is 18. The Bertz CT molecular complexity index is 2420. The van der Waals surface area contributed by atoms with Crippen LogP contribution in [0.2, 0.25) is 5.02 Å². The molecule has 1 aliphatic carbocycles. The maximum Gasteiger partial charge on any atom is 0.409 e. The van der Waals surface area contributed by atoms with Crippen molar-refractivity contribution in [1.82, 2.24) is 20.4 Å². The zero-order valence-electron chi connectivity index (χ0n) is 44.7. The number of aliphatic carboxylic acids is 1. The van der Waals surface area contributed by atoms with Crippen LogP contribution < -0.4 is 26.0 Å². The number of nitrogens with two attached hydrogens (primary N) is 1. The number of likely N-dealkylation sites (N-methyl/N-ethyl adjacent to an activating group) is 1. The number of fused-ring (bicyclic) bond motifs is 5. The fourth-order valence-electron chi connectivity index (χ4n) is 10.5. The molecule has 6 amide bonds. The number of unbranched alkanes of at least 4 members (excludes halogenated alkanes) is 1. The number of carbonyl (C=O) groups is 8. The van der Waals surface area contributed by atoms with Crippen molar-refractivity contribution in [3.8, 4) is 5.75 Å². The smallest absolute Gasteiger partial charge is 0.409 e. The summed E-state index contributed by atoms with van der Waals surface area (Å²) in [7, 11) is 5.87. The Morgan fingerprint density at radius 2 is 1.79 bits per heavy atom. The molecule has 6 N–H and O–H groups in total. The zero-order chi connectivity index (χ0) is 55.8. The minimum absolute atomic E-state index is 0.00468. The van der Waals surface area contributed by atoms with Crippen molar-refractivity contribution in [3.05, 3.63) is 46.5 Å². The number of nitrogens with one attached hydrogen (secondary N) is 2. The molecule has 6 rings (SSSR count). The average molecular weight is 1100 g/mol. The molecule has 4 aliphatic heterocycles. The number of carbonyl (C=O) groups excluding carboxylic acids is 7. The Balaban J connectivity index is 1.07. The van der Waals surface area contributed by atoms with Crippen LogP contribution in [0, 0.1) is 17.8 Å². The number of epoxide rings is 1. The molecule has 21 nitrogen and oxygen atoms in total. The predicted octanol–water partition coefficient (Wildman–Crippen LogP) is 4.27. The molecule has 0 radical (unpaired) electrons. The van der Waals surface area contributed by atoms with Crippen LogP contribution in [0.3, 0.4) is 0 Å². The topological polar surface area (TPSA) is 286 Å². The lowest BCUT2D eigenvalue weighted by atomic mass is 9.81. The van der Waals surface area contributed by atoms with Gasteiger partial charge in [-0.3, -0.25) is 39.0 Å². The van der Waals surface area contributed by atoms with Crippen molar-refractivity contribution >= 4 is 76.6 Å². The maximum atomic E-state index is 14.4. The van der Waals surface area contributed by atoms with E-state index in [2.05, 4.69) is 10.6 Å². The van der Waals surface area contributed by atoms with Crippen LogP contribution in [0.25, 0.3) is 0 Å². The molecule has 4 bridgehead atoms. The van der Waals surface area contributed by atoms with Gasteiger partial charge in [-0.25, -0.2) is 9.59 Å². The zero-order valence-corrected chi connectivity index (χ0v) is 46.2. The number of alkyl carbamates (subject to hydrolysis) is 1. The van der Waals surface area contributed by atoms with Gasteiger partial charge in [0.2, 0.25) is 29.5 Å². The van der Waals surface area contributed by atoms with Crippen molar-refractivity contribution in [2.75, 3.05) is 52.1 Å². The number of allylic oxidation sites excluding steroid dienone is 3. The van der Waals surface area contributed by atoms with E-state index in [9.17, 15) is 43.5 Å². The van der Waals surface area contributed by atoms with Gasteiger partial charge in [-0.15, -0.1) is 11.8 Å². The first kappa shape index (κ1) is 60.0. The third kappa shape index (κ3) is 14.5. The molecule has 5 aliphatic rings. The Labute approximate surface area is 453 Å². The number of carboxylic acid groups (broad SMARTS) is 1. The first-order valence-electron chi connectivity index (χ1n) is 26.0. The number of likely N-dealkylation sites (tertiary alicyclic amines) is 1. The Morgan fingerprint density at radius 1 is 1.08 bits per heavy atom. The van der Waals surface area contributed by atoms with Gasteiger partial charge in [0, 0.05) is 71.1 Å². The second kappa shape index (κ2) is 25.9. The molecule has 3 saturated heterocycles. The molecular formula is C53H75ClN6O15S. The number of amides is 6. The van der Waals surface area contributed by atoms with Gasteiger partial charge in [0.15, 0.2) is 5.72 Å². The molecule has 420 valence electrons. The second-order valence-corrected chi connectivity index (χ2v) is 22.7. The Hall–Kier alpha value is -5.26. The number of aliphatic hydroxyl groups is 1. The molecule has 4 heterocycles. The SMILES string of the molecule is COc1cc2cc(c1Cl)N(C)C(=O)CC(OC(=O)[C@H](C)N(C)C(=O)CCSC1CC(=O)N(CC3CCC(C(=O)NCCCC[C@H](N)C(=O)O)CC3)C1=O)C1(C)OC1C(C)C1CC(O)(NC(=O)O1)C(OC)/C=C/C=C(\C)C2. The van der Waals surface area contributed by atoms with Gasteiger partial charge in [0.1, 0.15) is 46.8 Å². The normalized spacial score (nSPS) is 30.9. The third-order valence-electron chi connectivity index (χ3n) is 15.6. The fourth-order valence-corrected chi connectivity index (χ4v) is 11.9. The van der Waals surface area contributed by atoms with Gasteiger partial charge in [-0.2, -0.15) is 0 Å². The van der Waals surface area contributed by atoms with E-state index in [-0.39, 0.29) is 66.1 Å². The summed E-state index contributed by atoms with van der Waals surface area (Å²) in [6, 6.07) is 1.47. The number of benzene rings is 1. The molecule has 76 heavy (non-hydrogen) atoms. The van der Waals surface area contributed by atoms with E-state index in [1.165, 1.54) is 54.7 Å². The van der Waals surface area contributed by atoms with Crippen molar-refractivity contribution < 1.29 is 72.3 Å². The van der Waals surface area contributed by atoms with E-state index in [1.54, 1.807) is 45.2 Å². The minimum Gasteiger partial charge on any atom is -0.495 e. The number of hydrogen-bond donors (Lipinski definition) is 5. The van der Waals surface area contributed by atoms with Crippen LogP contribution in [0.5, 0.6) is 5.75 Å². The highest BCUT2D eigenvalue weighted by Crippen LogP contribution is 2.49. The lowest BCUT2D eigenvalue weighted by Crippen LogP contribution is -2.63. The first-order chi connectivity index (χ1) is 35.9. The summed E-state index contributed by atoms with van der Waals surface area (Å²) in [5.74, 6) is -3.68. The number of thioether (sulfide) groups is 1. The van der Waals surface area contributed by atoms with Crippen molar-refractivity contribution in [3.63, 3.8) is 0 Å². The highest BCUT2D eigenvalue weighted by atomic mass is 35.5. The number of esters is 1. The number of carboxylic acids is 1. The van der Waals surface area contributed by atoms with Crippen molar-refractivity contribution in [2.24, 2.45) is 23.5 Å². The molecule has 23 heteroatoms. The number of imide groups is 1. The van der Waals surface area contributed by atoms with Gasteiger partial charge >= 0.3 is 18.0 Å². The Morgan fingerprint density at radius 3 is 2.46 bits per heavy atom. The number of ether oxygens (including phenoxy) is 5. The van der Waals surface area contributed by atoms with E-state index < -0.39 is 95.3 Å². The molecule has 4 fully saturated rings. The van der Waals surface area contributed by atoms with Crippen LogP contribution in [0.15, 0.2) is 35.9 Å². The van der Waals surface area contributed by atoms with Gasteiger partial charge < -0.3 is 54.7 Å². The molecule has 10 atom stereocenters. The standard InChI is InChI=1S/C53H75ClN6O15S/c1-29-12-11-14-40(72-8)53(70)27-38(73-51(69)57-53)30(2)46-52(4,75-46)41(26-43(62)59(6)36-23-33(22-29)24-37(71-7)45(36)54)74-50(68)31(3)58(5)42(61)19-21-76-39-25-44(63)60(48(39)65)28-32-15-17-34(18-16-32)47(64)56-20-10-9-13-35(55)49(66)67/h11-12,14,23-24,30-32,34-35,38-41,46,70H,9-10,13,15-22,25-28,55H2,1-8H3,(H,56,64)(H,57,69)(H,66,67)/b14-11+,29-12+/t30?,31-,32?,34?,35-,38?,39?,40?,41?,46?,52?,53?/m0/s1. The maximum absolute atomic E-state index is 14.4. The lowest BCUT2D eigenvalue weighted by molar-refractivity contribution is -0.162. The monoisotopic (exact) mass is 1100 g/mol. The van der Waals surface area contributed by atoms with E-state index in [0.717, 1.165) is 11.1 Å². The summed E-state index contributed by atoms with van der Waals surface area (Å²) < 4.78 is 29.5. The summed E-state index contributed by atoms with van der Waals surface area (Å²) in [6.45, 7) is 7.53. The van der Waals surface area contributed by atoms with Gasteiger partial charge in [-0.05, 0) is 95.8 Å². The molecule has 0 spiro atoms. The highest BCUT2D eigenvalue weighted by Gasteiger charge is 2.64. The van der Waals surface area contributed by atoms with Crippen molar-refractivity contribution in [2.45, 2.75) is 158 Å². The van der Waals surface area contributed by atoms with Gasteiger partial charge in [0.05, 0.1) is 30.6 Å². The van der Waals surface area contributed by atoms with Crippen LogP contribution in [0.4, 0.5) is 10.5 Å². The fraction of sp³-hybridized carbons (Fsp3) is 0.660. The number of hydrogen-bond acceptors (Lipinski definition) is 16. The Kier molecular flexibility index (Phi) is 20.5. The van der Waals surface area contributed by atoms with Crippen LogP contribution in [0.1, 0.15) is 104 Å². The predicted molar refractivity (Wildman–Crippen MR) is 281 cm³/mol. The van der Waals surface area contributed by atoms with Crippen molar-refractivity contribution in [1.29, 1.82) is 0 Å². The second-order valence-electron chi connectivity index (χ2n) is 21.0. The molecule has 1 aromatic rings. The van der Waals surface area contributed by atoms with E-state index in [0.29, 0.717) is 69.3 Å². The number of methoxy groups -OCH3 is 2. The molecule has 0 aromatic heterocycles. The molecule has 8 unspecified atom stereocenters. The number of halogens is 1. The van der Waals surface area contributed by atoms with E-state index in [4.69, 9.17) is 46.1 Å². The molecular weight excluding hydrogens is 1030 g/mol. The largest absolute Gasteiger partial charge is 0.495 e. The van der Waals surface area contributed by atoms with Gasteiger partial charge in [-0.1, -0.05) is 42.3 Å². The molecule has 1 saturated carbocycles. The number of anilines is 1. The summed E-state index contributed by atoms with van der Waals surface area (Å²) in [5.41, 5.74) is 4.34. The van der Waals surface area contributed by atoms with Gasteiger partial charge in [0.25, 0.3) is 0 Å². The van der Waals surface area contributed by atoms with Crippen LogP contribution in [-0.2, 0) is 58.9 Å². The van der Waals surface area contributed by atoms with E-state index >= 15 is 0 Å². The first-order valence-corrected chi connectivity index (χ1v) is 27.4. The van der Waals surface area contributed by atoms with Crippen LogP contribution in [-0.4, -0.2) is 168 Å². The average Bonchev–Trinajstić information content (AvgIpc) is 4.01. The summed E-state index contributed by atoms with van der Waals surface area (Å²) in [4.78, 5) is 109. The minimum atomic E-state index is -1.89. The highest BCUT2D eigenvalue weighted by molar-refractivity contribution is 8.00. The quantitative estimate of drug-likeness (QED) is 0.0594. The third-order valence-corrected chi connectivity index (χ3v) is 17.2. The summed E-state index contributed by atoms with van der Waals surface area (Å²) in [6.07, 6.45) is 4.40. The van der Waals surface area contributed by atoms with E-state index in [1.807, 2.05) is 13.0 Å². The summed E-state index contributed by atoms with van der Waals surface area (Å²) in [5, 5.41) is 25.7. The lowest BCUT2D eigenvalue weighted by Gasteiger charge is -2.42. The number of nitrogens with zero attached hydrogens (tertiary/aromatic N) is 3. The summed E-state index contributed by atoms with van der Waals surface area (Å²) >= 11 is 8.02.